The van der Waals surface area contributed by atoms with Crippen LogP contribution >= 0.6 is 0 Å². The van der Waals surface area contributed by atoms with Gasteiger partial charge in [-0.05, 0) is 48.4 Å². The molecular formula is C17H27NO. The van der Waals surface area contributed by atoms with Crippen molar-refractivity contribution in [3.8, 4) is 0 Å². The predicted octanol–water partition coefficient (Wildman–Crippen LogP) is 3.25. The van der Waals surface area contributed by atoms with Crippen molar-refractivity contribution in [2.24, 2.45) is 0 Å². The van der Waals surface area contributed by atoms with Crippen LogP contribution in [0.2, 0.25) is 0 Å². The van der Waals surface area contributed by atoms with Crippen molar-refractivity contribution >= 4 is 0 Å². The molecule has 0 aliphatic carbocycles. The van der Waals surface area contributed by atoms with Crippen molar-refractivity contribution in [3.05, 3.63) is 34.9 Å². The van der Waals surface area contributed by atoms with Gasteiger partial charge in [0.05, 0.1) is 6.61 Å². The van der Waals surface area contributed by atoms with E-state index in [-0.39, 0.29) is 5.41 Å². The van der Waals surface area contributed by atoms with E-state index >= 15 is 0 Å². The average molecular weight is 261 g/mol. The largest absolute Gasteiger partial charge is 0.395 e. The van der Waals surface area contributed by atoms with Gasteiger partial charge in [0.25, 0.3) is 0 Å². The Labute approximate surface area is 117 Å². The lowest BCUT2D eigenvalue weighted by molar-refractivity contribution is 0.153. The zero-order chi connectivity index (χ0) is 14.0. The van der Waals surface area contributed by atoms with E-state index < -0.39 is 0 Å². The summed E-state index contributed by atoms with van der Waals surface area (Å²) in [6, 6.07) is 7.20. The smallest absolute Gasteiger partial charge is 0.0587 e. The molecule has 1 aromatic carbocycles. The van der Waals surface area contributed by atoms with Gasteiger partial charge in [0.15, 0.2) is 0 Å². The molecule has 0 aromatic heterocycles. The van der Waals surface area contributed by atoms with E-state index in [9.17, 15) is 5.11 Å². The molecule has 2 heteroatoms. The second-order valence-corrected chi connectivity index (χ2v) is 6.85. The molecule has 1 aliphatic heterocycles. The summed E-state index contributed by atoms with van der Waals surface area (Å²) in [6.07, 6.45) is 2.35. The fourth-order valence-electron chi connectivity index (χ4n) is 3.21. The third-order valence-corrected chi connectivity index (χ3v) is 4.19. The quantitative estimate of drug-likeness (QED) is 0.903. The molecule has 1 heterocycles. The molecule has 1 aromatic rings. The van der Waals surface area contributed by atoms with Crippen LogP contribution in [0.15, 0.2) is 18.2 Å². The monoisotopic (exact) mass is 261 g/mol. The zero-order valence-corrected chi connectivity index (χ0v) is 12.7. The van der Waals surface area contributed by atoms with Crippen LogP contribution in [0.4, 0.5) is 0 Å². The number of likely N-dealkylation sites (tertiary alicyclic amines) is 1. The van der Waals surface area contributed by atoms with Crippen LogP contribution in [-0.2, 0) is 12.0 Å². The highest BCUT2D eigenvalue weighted by Crippen LogP contribution is 2.27. The Morgan fingerprint density at radius 2 is 2.05 bits per heavy atom. The van der Waals surface area contributed by atoms with E-state index in [0.717, 1.165) is 19.5 Å². The number of rotatable bonds is 3. The molecule has 0 amide bonds. The fourth-order valence-corrected chi connectivity index (χ4v) is 3.21. The van der Waals surface area contributed by atoms with Gasteiger partial charge in [-0.15, -0.1) is 0 Å². The number of aryl methyl sites for hydroxylation is 1. The summed E-state index contributed by atoms with van der Waals surface area (Å²) < 4.78 is 0. The standard InChI is InChI=1S/C17H27NO/c1-13-10-14(7-8-16(13)17(2,3)4)11-18-9-5-6-15(18)12-19/h7-8,10,15,19H,5-6,9,11-12H2,1-4H3/t15-/m0/s1. The van der Waals surface area contributed by atoms with Gasteiger partial charge >= 0.3 is 0 Å². The summed E-state index contributed by atoms with van der Waals surface area (Å²) >= 11 is 0. The second-order valence-electron chi connectivity index (χ2n) is 6.85. The molecule has 1 atom stereocenters. The molecule has 1 N–H and O–H groups in total. The van der Waals surface area contributed by atoms with Crippen molar-refractivity contribution in [1.29, 1.82) is 0 Å². The van der Waals surface area contributed by atoms with Crippen molar-refractivity contribution in [1.82, 2.24) is 4.90 Å². The maximum Gasteiger partial charge on any atom is 0.0587 e. The summed E-state index contributed by atoms with van der Waals surface area (Å²) in [5, 5.41) is 9.38. The first-order valence-electron chi connectivity index (χ1n) is 7.36. The van der Waals surface area contributed by atoms with E-state index in [1.165, 1.54) is 23.1 Å². The van der Waals surface area contributed by atoms with E-state index in [2.05, 4.69) is 50.8 Å². The Hall–Kier alpha value is -0.860. The van der Waals surface area contributed by atoms with E-state index in [1.807, 2.05) is 0 Å². The molecule has 1 saturated heterocycles. The minimum Gasteiger partial charge on any atom is -0.395 e. The van der Waals surface area contributed by atoms with Crippen LogP contribution in [0.25, 0.3) is 0 Å². The van der Waals surface area contributed by atoms with Gasteiger partial charge < -0.3 is 5.11 Å². The molecule has 0 saturated carbocycles. The molecule has 19 heavy (non-hydrogen) atoms. The molecule has 0 unspecified atom stereocenters. The molecular weight excluding hydrogens is 234 g/mol. The first-order valence-corrected chi connectivity index (χ1v) is 7.36. The SMILES string of the molecule is Cc1cc(CN2CCC[C@H]2CO)ccc1C(C)(C)C. The van der Waals surface area contributed by atoms with Gasteiger partial charge in [0.2, 0.25) is 0 Å². The van der Waals surface area contributed by atoms with Crippen molar-refractivity contribution in [2.75, 3.05) is 13.2 Å². The number of hydrogen-bond donors (Lipinski definition) is 1. The van der Waals surface area contributed by atoms with E-state index in [0.29, 0.717) is 12.6 Å². The molecule has 1 fully saturated rings. The third kappa shape index (κ3) is 3.37. The lowest BCUT2D eigenvalue weighted by atomic mass is 9.83. The second kappa shape index (κ2) is 5.64. The first-order chi connectivity index (χ1) is 8.91. The normalized spacial score (nSPS) is 21.0. The fraction of sp³-hybridized carbons (Fsp3) is 0.647. The lowest BCUT2D eigenvalue weighted by Gasteiger charge is -2.25. The predicted molar refractivity (Wildman–Crippen MR) is 80.4 cm³/mol. The van der Waals surface area contributed by atoms with Crippen LogP contribution in [0.5, 0.6) is 0 Å². The van der Waals surface area contributed by atoms with Gasteiger partial charge in [0, 0.05) is 12.6 Å². The molecule has 0 spiro atoms. The number of aliphatic hydroxyl groups excluding tert-OH is 1. The Kier molecular flexibility index (Phi) is 4.32. The summed E-state index contributed by atoms with van der Waals surface area (Å²) in [4.78, 5) is 2.41. The minimum absolute atomic E-state index is 0.212. The maximum atomic E-state index is 9.38. The summed E-state index contributed by atoms with van der Waals surface area (Å²) in [6.45, 7) is 11.4. The van der Waals surface area contributed by atoms with Gasteiger partial charge in [0.1, 0.15) is 0 Å². The Morgan fingerprint density at radius 3 is 2.63 bits per heavy atom. The van der Waals surface area contributed by atoms with Gasteiger partial charge in [-0.2, -0.15) is 0 Å². The van der Waals surface area contributed by atoms with Crippen LogP contribution in [0.1, 0.15) is 50.3 Å². The number of benzene rings is 1. The summed E-state index contributed by atoms with van der Waals surface area (Å²) in [7, 11) is 0. The van der Waals surface area contributed by atoms with Crippen molar-refractivity contribution in [3.63, 3.8) is 0 Å². The summed E-state index contributed by atoms with van der Waals surface area (Å²) in [5.74, 6) is 0. The molecule has 0 bridgehead atoms. The molecule has 2 nitrogen and oxygen atoms in total. The number of hydrogen-bond acceptors (Lipinski definition) is 2. The Bertz CT molecular complexity index is 433. The van der Waals surface area contributed by atoms with Gasteiger partial charge in [-0.1, -0.05) is 39.0 Å². The highest BCUT2D eigenvalue weighted by atomic mass is 16.3. The zero-order valence-electron chi connectivity index (χ0n) is 12.7. The molecule has 2 rings (SSSR count). The summed E-state index contributed by atoms with van der Waals surface area (Å²) in [5.41, 5.74) is 4.39. The molecule has 1 aliphatic rings. The maximum absolute atomic E-state index is 9.38. The van der Waals surface area contributed by atoms with Crippen LogP contribution in [-0.4, -0.2) is 29.2 Å². The van der Waals surface area contributed by atoms with Crippen molar-refractivity contribution in [2.45, 2.75) is 58.5 Å². The lowest BCUT2D eigenvalue weighted by Crippen LogP contribution is -2.31. The average Bonchev–Trinajstić information content (AvgIpc) is 2.74. The highest BCUT2D eigenvalue weighted by molar-refractivity contribution is 5.35. The van der Waals surface area contributed by atoms with Crippen LogP contribution in [0, 0.1) is 6.92 Å². The minimum atomic E-state index is 0.212. The molecule has 0 radical (unpaired) electrons. The topological polar surface area (TPSA) is 23.5 Å². The van der Waals surface area contributed by atoms with Crippen LogP contribution < -0.4 is 0 Å². The first kappa shape index (κ1) is 14.5. The van der Waals surface area contributed by atoms with E-state index in [1.54, 1.807) is 0 Å². The highest BCUT2D eigenvalue weighted by Gasteiger charge is 2.24. The number of aliphatic hydroxyl groups is 1. The van der Waals surface area contributed by atoms with Gasteiger partial charge in [-0.25, -0.2) is 0 Å². The van der Waals surface area contributed by atoms with Crippen LogP contribution in [0.3, 0.4) is 0 Å². The number of nitrogens with zero attached hydrogens (tertiary/aromatic N) is 1. The van der Waals surface area contributed by atoms with Crippen molar-refractivity contribution < 1.29 is 5.11 Å². The molecule has 106 valence electrons. The third-order valence-electron chi connectivity index (χ3n) is 4.19. The Balaban J connectivity index is 2.12. The Morgan fingerprint density at radius 1 is 1.32 bits per heavy atom. The van der Waals surface area contributed by atoms with Gasteiger partial charge in [-0.3, -0.25) is 4.90 Å². The van der Waals surface area contributed by atoms with E-state index in [4.69, 9.17) is 0 Å².